The normalized spacial score (nSPS) is 10.7. The van der Waals surface area contributed by atoms with Crippen molar-refractivity contribution in [3.8, 4) is 17.1 Å². The summed E-state index contributed by atoms with van der Waals surface area (Å²) in [6, 6.07) is 19.3. The first-order valence-electron chi connectivity index (χ1n) is 9.46. The highest BCUT2D eigenvalue weighted by Crippen LogP contribution is 2.25. The third-order valence-corrected chi connectivity index (χ3v) is 4.91. The van der Waals surface area contributed by atoms with Crippen molar-refractivity contribution < 1.29 is 14.0 Å². The molecule has 2 aromatic carbocycles. The van der Waals surface area contributed by atoms with E-state index >= 15 is 0 Å². The molecule has 2 amide bonds. The first kappa shape index (κ1) is 20.4. The number of benzene rings is 2. The van der Waals surface area contributed by atoms with E-state index in [9.17, 15) is 9.59 Å². The van der Waals surface area contributed by atoms with Gasteiger partial charge in [0.15, 0.2) is 5.76 Å². The molecule has 31 heavy (non-hydrogen) atoms. The number of rotatable bonds is 5. The van der Waals surface area contributed by atoms with E-state index in [2.05, 4.69) is 10.4 Å². The summed E-state index contributed by atoms with van der Waals surface area (Å²) in [5.41, 5.74) is 2.31. The molecule has 0 aliphatic heterocycles. The predicted molar refractivity (Wildman–Crippen MR) is 119 cm³/mol. The molecule has 0 spiro atoms. The fourth-order valence-corrected chi connectivity index (χ4v) is 3.25. The number of nitrogens with one attached hydrogen (secondary N) is 1. The first-order valence-corrected chi connectivity index (χ1v) is 9.84. The van der Waals surface area contributed by atoms with E-state index in [1.54, 1.807) is 61.4 Å². The monoisotopic (exact) mass is 434 g/mol. The number of carbonyl (C=O) groups is 2. The molecule has 0 radical (unpaired) electrons. The molecule has 8 heteroatoms. The van der Waals surface area contributed by atoms with Crippen LogP contribution in [0.15, 0.2) is 77.4 Å². The number of hydrogen-bond acceptors (Lipinski definition) is 4. The van der Waals surface area contributed by atoms with Crippen LogP contribution in [-0.4, -0.2) is 40.6 Å². The lowest BCUT2D eigenvalue weighted by atomic mass is 10.1. The number of aromatic nitrogens is 2. The summed E-state index contributed by atoms with van der Waals surface area (Å²) in [4.78, 5) is 26.9. The van der Waals surface area contributed by atoms with Gasteiger partial charge in [0.25, 0.3) is 11.8 Å². The van der Waals surface area contributed by atoms with E-state index in [4.69, 9.17) is 16.0 Å². The lowest BCUT2D eigenvalue weighted by Gasteiger charge is -2.13. The van der Waals surface area contributed by atoms with E-state index in [1.807, 2.05) is 30.3 Å². The largest absolute Gasteiger partial charge is 0.463 e. The minimum Gasteiger partial charge on any atom is -0.463 e. The van der Waals surface area contributed by atoms with Gasteiger partial charge in [0, 0.05) is 25.8 Å². The van der Waals surface area contributed by atoms with Gasteiger partial charge in [-0.1, -0.05) is 29.8 Å². The fourth-order valence-electron chi connectivity index (χ4n) is 3.06. The van der Waals surface area contributed by atoms with Crippen molar-refractivity contribution in [2.75, 3.05) is 19.4 Å². The number of furan rings is 1. The van der Waals surface area contributed by atoms with Crippen LogP contribution < -0.4 is 5.32 Å². The van der Waals surface area contributed by atoms with E-state index < -0.39 is 0 Å². The Hall–Kier alpha value is -3.84. The summed E-state index contributed by atoms with van der Waals surface area (Å²) < 4.78 is 6.99. The first-order chi connectivity index (χ1) is 14.9. The van der Waals surface area contributed by atoms with Gasteiger partial charge in [-0.15, -0.1) is 0 Å². The zero-order valence-electron chi connectivity index (χ0n) is 16.9. The Morgan fingerprint density at radius 3 is 2.48 bits per heavy atom. The Bertz CT molecular complexity index is 1230. The molecular formula is C23H19ClN4O3. The molecule has 0 atom stereocenters. The average molecular weight is 435 g/mol. The van der Waals surface area contributed by atoms with Crippen LogP contribution in [0.4, 0.5) is 5.69 Å². The van der Waals surface area contributed by atoms with Crippen LogP contribution in [0.2, 0.25) is 5.02 Å². The summed E-state index contributed by atoms with van der Waals surface area (Å²) in [5, 5.41) is 7.69. The molecule has 0 unspecified atom stereocenters. The quantitative estimate of drug-likeness (QED) is 0.492. The molecule has 0 bridgehead atoms. The SMILES string of the molecule is CN(C)C(=O)c1cc(NC(=O)c2cc(-c3ccco3)nn2-c2ccccc2)ccc1Cl. The zero-order chi connectivity index (χ0) is 22.0. The highest BCUT2D eigenvalue weighted by Gasteiger charge is 2.20. The topological polar surface area (TPSA) is 80.4 Å². The second-order valence-electron chi connectivity index (χ2n) is 6.99. The van der Waals surface area contributed by atoms with Gasteiger partial charge in [0.05, 0.1) is 22.5 Å². The van der Waals surface area contributed by atoms with Crippen LogP contribution in [0, 0.1) is 0 Å². The molecule has 0 aliphatic carbocycles. The van der Waals surface area contributed by atoms with Crippen LogP contribution in [0.3, 0.4) is 0 Å². The van der Waals surface area contributed by atoms with Gasteiger partial charge < -0.3 is 14.6 Å². The van der Waals surface area contributed by atoms with Gasteiger partial charge in [-0.2, -0.15) is 5.10 Å². The Morgan fingerprint density at radius 2 is 1.81 bits per heavy atom. The summed E-state index contributed by atoms with van der Waals surface area (Å²) in [6.45, 7) is 0. The Morgan fingerprint density at radius 1 is 1.03 bits per heavy atom. The predicted octanol–water partition coefficient (Wildman–Crippen LogP) is 4.74. The second-order valence-corrected chi connectivity index (χ2v) is 7.40. The third-order valence-electron chi connectivity index (χ3n) is 4.58. The zero-order valence-corrected chi connectivity index (χ0v) is 17.6. The molecular weight excluding hydrogens is 416 g/mol. The molecule has 0 fully saturated rings. The second kappa shape index (κ2) is 8.49. The number of anilines is 1. The van der Waals surface area contributed by atoms with Crippen LogP contribution in [0.25, 0.3) is 17.1 Å². The van der Waals surface area contributed by atoms with Gasteiger partial charge in [-0.3, -0.25) is 9.59 Å². The van der Waals surface area contributed by atoms with E-state index in [1.165, 1.54) is 4.90 Å². The number of hydrogen-bond donors (Lipinski definition) is 1. The lowest BCUT2D eigenvalue weighted by molar-refractivity contribution is 0.0827. The highest BCUT2D eigenvalue weighted by molar-refractivity contribution is 6.34. The molecule has 4 aromatic rings. The van der Waals surface area contributed by atoms with Gasteiger partial charge in [-0.05, 0) is 42.5 Å². The summed E-state index contributed by atoms with van der Waals surface area (Å²) in [7, 11) is 3.27. The standard InChI is InChI=1S/C23H19ClN4O3/c1-27(2)23(30)17-13-15(10-11-18(17)24)25-22(29)20-14-19(21-9-6-12-31-21)26-28(20)16-7-4-3-5-8-16/h3-14H,1-2H3,(H,25,29). The number of para-hydroxylation sites is 1. The fraction of sp³-hybridized carbons (Fsp3) is 0.0870. The maximum absolute atomic E-state index is 13.2. The molecule has 0 saturated heterocycles. The van der Waals surface area contributed by atoms with Crippen LogP contribution in [-0.2, 0) is 0 Å². The van der Waals surface area contributed by atoms with Crippen LogP contribution >= 0.6 is 11.6 Å². The molecule has 7 nitrogen and oxygen atoms in total. The Labute approximate surface area is 183 Å². The molecule has 1 N–H and O–H groups in total. The number of halogens is 1. The molecule has 0 aliphatic rings. The van der Waals surface area contributed by atoms with Crippen molar-refractivity contribution >= 4 is 29.1 Å². The molecule has 2 heterocycles. The highest BCUT2D eigenvalue weighted by atomic mass is 35.5. The summed E-state index contributed by atoms with van der Waals surface area (Å²) in [5.74, 6) is -0.0932. The number of carbonyl (C=O) groups excluding carboxylic acids is 2. The van der Waals surface area contributed by atoms with E-state index in [-0.39, 0.29) is 11.8 Å². The minimum atomic E-state index is -0.389. The molecule has 0 saturated carbocycles. The smallest absolute Gasteiger partial charge is 0.274 e. The van der Waals surface area contributed by atoms with Gasteiger partial charge >= 0.3 is 0 Å². The van der Waals surface area contributed by atoms with Crippen molar-refractivity contribution in [3.05, 3.63) is 89.3 Å². The maximum atomic E-state index is 13.2. The van der Waals surface area contributed by atoms with Crippen molar-refractivity contribution in [3.63, 3.8) is 0 Å². The minimum absolute atomic E-state index is 0.254. The maximum Gasteiger partial charge on any atom is 0.274 e. The Kier molecular flexibility index (Phi) is 5.60. The summed E-state index contributed by atoms with van der Waals surface area (Å²) in [6.07, 6.45) is 1.55. The van der Waals surface area contributed by atoms with E-state index in [0.717, 1.165) is 5.69 Å². The third kappa shape index (κ3) is 4.22. The lowest BCUT2D eigenvalue weighted by Crippen LogP contribution is -2.22. The number of nitrogens with zero attached hydrogens (tertiary/aromatic N) is 3. The van der Waals surface area contributed by atoms with Crippen LogP contribution in [0.5, 0.6) is 0 Å². The van der Waals surface area contributed by atoms with E-state index in [0.29, 0.717) is 33.4 Å². The van der Waals surface area contributed by atoms with Gasteiger partial charge in [0.2, 0.25) is 0 Å². The average Bonchev–Trinajstić information content (AvgIpc) is 3.45. The Balaban J connectivity index is 1.70. The van der Waals surface area contributed by atoms with Crippen molar-refractivity contribution in [1.29, 1.82) is 0 Å². The van der Waals surface area contributed by atoms with Crippen molar-refractivity contribution in [1.82, 2.24) is 14.7 Å². The molecule has 156 valence electrons. The van der Waals surface area contributed by atoms with Crippen LogP contribution in [0.1, 0.15) is 20.8 Å². The molecule has 4 rings (SSSR count). The molecule has 2 aromatic heterocycles. The summed E-state index contributed by atoms with van der Waals surface area (Å²) >= 11 is 6.17. The van der Waals surface area contributed by atoms with Crippen molar-refractivity contribution in [2.24, 2.45) is 0 Å². The number of amides is 2. The van der Waals surface area contributed by atoms with Crippen molar-refractivity contribution in [2.45, 2.75) is 0 Å². The van der Waals surface area contributed by atoms with Gasteiger partial charge in [0.1, 0.15) is 11.4 Å². The van der Waals surface area contributed by atoms with Gasteiger partial charge in [-0.25, -0.2) is 4.68 Å².